The van der Waals surface area contributed by atoms with Crippen LogP contribution in [-0.4, -0.2) is 38.1 Å². The van der Waals surface area contributed by atoms with Crippen LogP contribution in [0, 0.1) is 0 Å². The molecule has 0 aromatic heterocycles. The molecule has 0 aliphatic rings. The predicted octanol–water partition coefficient (Wildman–Crippen LogP) is 1.39. The van der Waals surface area contributed by atoms with E-state index in [0.717, 1.165) is 0 Å². The van der Waals surface area contributed by atoms with Crippen LogP contribution >= 0.6 is 12.9 Å². The van der Waals surface area contributed by atoms with Crippen molar-refractivity contribution in [3.05, 3.63) is 0 Å². The first-order valence-electron chi connectivity index (χ1n) is 4.64. The summed E-state index contributed by atoms with van der Waals surface area (Å²) in [6.45, 7) is 6.00. The Hall–Kier alpha value is -0.460. The van der Waals surface area contributed by atoms with E-state index in [1.54, 1.807) is 27.9 Å². The smallest absolute Gasteiger partial charge is 0.408 e. The van der Waals surface area contributed by atoms with Gasteiger partial charge in [0.1, 0.15) is 5.60 Å². The number of carbonyl (C=O) groups excluding carboxylic acids is 1. The van der Waals surface area contributed by atoms with Crippen molar-refractivity contribution >= 4 is 19.0 Å². The Kier molecular flexibility index (Phi) is 6.71. The average Bonchev–Trinajstić information content (AvgIpc) is 2.00. The Morgan fingerprint density at radius 2 is 2.00 bits per heavy atom. The first-order chi connectivity index (χ1) is 6.89. The maximum absolute atomic E-state index is 11.3. The van der Waals surface area contributed by atoms with E-state index in [1.165, 1.54) is 0 Å². The molecule has 15 heavy (non-hydrogen) atoms. The highest BCUT2D eigenvalue weighted by atomic mass is 32.1. The standard InChI is InChI=1S/C9H19NO4S/c1-9(2,3)14-8(11)10-7(5-12-4)6-13-15/h7,15H,5-6H2,1-4H3,(H,10,11)/t7-/m0/s1. The number of amides is 1. The molecule has 5 nitrogen and oxygen atoms in total. The molecule has 0 radical (unpaired) electrons. The van der Waals surface area contributed by atoms with Gasteiger partial charge in [0.25, 0.3) is 0 Å². The first-order valence-corrected chi connectivity index (χ1v) is 5.00. The monoisotopic (exact) mass is 237 g/mol. The number of rotatable bonds is 5. The van der Waals surface area contributed by atoms with E-state index >= 15 is 0 Å². The molecule has 1 atom stereocenters. The number of methoxy groups -OCH3 is 1. The highest BCUT2D eigenvalue weighted by molar-refractivity contribution is 7.75. The fourth-order valence-corrected chi connectivity index (χ4v) is 1.08. The molecule has 1 N–H and O–H groups in total. The van der Waals surface area contributed by atoms with E-state index in [4.69, 9.17) is 9.47 Å². The maximum Gasteiger partial charge on any atom is 0.408 e. The highest BCUT2D eigenvalue weighted by Crippen LogP contribution is 2.06. The van der Waals surface area contributed by atoms with Gasteiger partial charge in [-0.3, -0.25) is 0 Å². The third-order valence-electron chi connectivity index (χ3n) is 1.36. The zero-order valence-electron chi connectivity index (χ0n) is 9.57. The number of ether oxygens (including phenoxy) is 2. The van der Waals surface area contributed by atoms with Crippen LogP contribution in [0.2, 0.25) is 0 Å². The predicted molar refractivity (Wildman–Crippen MR) is 60.0 cm³/mol. The molecule has 0 bridgehead atoms. The summed E-state index contributed by atoms with van der Waals surface area (Å²) in [5, 5.41) is 2.62. The minimum absolute atomic E-state index is 0.260. The zero-order chi connectivity index (χ0) is 11.9. The summed E-state index contributed by atoms with van der Waals surface area (Å²) in [5.41, 5.74) is -0.510. The van der Waals surface area contributed by atoms with E-state index in [1.807, 2.05) is 0 Å². The molecule has 0 saturated carbocycles. The minimum atomic E-state index is -0.510. The SMILES string of the molecule is COC[C@@H](COS)NC(=O)OC(C)(C)C. The van der Waals surface area contributed by atoms with Crippen LogP contribution in [0.15, 0.2) is 0 Å². The second-order valence-corrected chi connectivity index (χ2v) is 4.35. The fourth-order valence-electron chi connectivity index (χ4n) is 0.897. The Bertz CT molecular complexity index is 187. The molecule has 0 saturated heterocycles. The Morgan fingerprint density at radius 3 is 2.40 bits per heavy atom. The van der Waals surface area contributed by atoms with Gasteiger partial charge in [-0.05, 0) is 33.7 Å². The topological polar surface area (TPSA) is 56.8 Å². The summed E-state index contributed by atoms with van der Waals surface area (Å²) in [5.74, 6) is 0. The van der Waals surface area contributed by atoms with E-state index in [-0.39, 0.29) is 12.6 Å². The van der Waals surface area contributed by atoms with Crippen molar-refractivity contribution in [2.45, 2.75) is 32.4 Å². The van der Waals surface area contributed by atoms with E-state index in [9.17, 15) is 4.79 Å². The summed E-state index contributed by atoms with van der Waals surface area (Å²) in [6, 6.07) is -0.262. The third kappa shape index (κ3) is 8.53. The van der Waals surface area contributed by atoms with E-state index in [0.29, 0.717) is 6.61 Å². The molecule has 0 unspecified atom stereocenters. The molecular weight excluding hydrogens is 218 g/mol. The molecule has 0 aromatic rings. The van der Waals surface area contributed by atoms with Crippen LogP contribution in [0.4, 0.5) is 4.79 Å². The largest absolute Gasteiger partial charge is 0.444 e. The van der Waals surface area contributed by atoms with Gasteiger partial charge in [0.2, 0.25) is 0 Å². The van der Waals surface area contributed by atoms with Crippen molar-refractivity contribution < 1.29 is 18.5 Å². The first kappa shape index (κ1) is 14.5. The number of thiol groups is 1. The van der Waals surface area contributed by atoms with Crippen LogP contribution in [0.5, 0.6) is 0 Å². The van der Waals surface area contributed by atoms with Crippen molar-refractivity contribution in [3.63, 3.8) is 0 Å². The third-order valence-corrected chi connectivity index (χ3v) is 1.51. The quantitative estimate of drug-likeness (QED) is 0.560. The number of hydrogen-bond acceptors (Lipinski definition) is 5. The zero-order valence-corrected chi connectivity index (χ0v) is 10.5. The van der Waals surface area contributed by atoms with Crippen molar-refractivity contribution in [3.8, 4) is 0 Å². The van der Waals surface area contributed by atoms with Gasteiger partial charge >= 0.3 is 6.09 Å². The van der Waals surface area contributed by atoms with Gasteiger partial charge in [-0.1, -0.05) is 0 Å². The van der Waals surface area contributed by atoms with Gasteiger partial charge in [-0.2, -0.15) is 0 Å². The van der Waals surface area contributed by atoms with Gasteiger partial charge in [0.15, 0.2) is 0 Å². The fraction of sp³-hybridized carbons (Fsp3) is 0.889. The molecule has 0 spiro atoms. The second kappa shape index (κ2) is 6.92. The van der Waals surface area contributed by atoms with Crippen molar-refractivity contribution in [2.24, 2.45) is 0 Å². The summed E-state index contributed by atoms with van der Waals surface area (Å²) in [6.07, 6.45) is -0.491. The molecule has 1 amide bonds. The minimum Gasteiger partial charge on any atom is -0.444 e. The van der Waals surface area contributed by atoms with Crippen molar-refractivity contribution in [1.82, 2.24) is 5.32 Å². The molecule has 0 heterocycles. The lowest BCUT2D eigenvalue weighted by molar-refractivity contribution is 0.0445. The van der Waals surface area contributed by atoms with Gasteiger partial charge in [0.05, 0.1) is 19.3 Å². The van der Waals surface area contributed by atoms with Gasteiger partial charge in [0, 0.05) is 7.11 Å². The van der Waals surface area contributed by atoms with Crippen LogP contribution in [0.3, 0.4) is 0 Å². The molecule has 90 valence electrons. The number of hydrogen-bond donors (Lipinski definition) is 2. The van der Waals surface area contributed by atoms with E-state index < -0.39 is 11.7 Å². The number of alkyl carbamates (subject to hydrolysis) is 1. The summed E-state index contributed by atoms with van der Waals surface area (Å²) in [7, 11) is 1.54. The average molecular weight is 237 g/mol. The van der Waals surface area contributed by atoms with Crippen molar-refractivity contribution in [2.75, 3.05) is 20.3 Å². The van der Waals surface area contributed by atoms with Crippen LogP contribution in [-0.2, 0) is 13.7 Å². The Morgan fingerprint density at radius 1 is 1.40 bits per heavy atom. The van der Waals surface area contributed by atoms with Gasteiger partial charge in [-0.25, -0.2) is 4.79 Å². The van der Waals surface area contributed by atoms with Crippen LogP contribution in [0.1, 0.15) is 20.8 Å². The summed E-state index contributed by atoms with van der Waals surface area (Å²) >= 11 is 3.61. The molecule has 6 heteroatoms. The number of carbonyl (C=O) groups is 1. The molecule has 0 fully saturated rings. The lowest BCUT2D eigenvalue weighted by atomic mass is 10.2. The molecular formula is C9H19NO4S. The molecule has 0 aliphatic carbocycles. The summed E-state index contributed by atoms with van der Waals surface area (Å²) < 4.78 is 14.6. The molecule has 0 rings (SSSR count). The molecule has 0 aliphatic heterocycles. The van der Waals surface area contributed by atoms with Crippen LogP contribution in [0.25, 0.3) is 0 Å². The lowest BCUT2D eigenvalue weighted by Crippen LogP contribution is -2.43. The van der Waals surface area contributed by atoms with Gasteiger partial charge < -0.3 is 19.0 Å². The van der Waals surface area contributed by atoms with Gasteiger partial charge in [-0.15, -0.1) is 0 Å². The normalized spacial score (nSPS) is 13.4. The highest BCUT2D eigenvalue weighted by Gasteiger charge is 2.19. The van der Waals surface area contributed by atoms with Crippen LogP contribution < -0.4 is 5.32 Å². The van der Waals surface area contributed by atoms with E-state index in [2.05, 4.69) is 22.4 Å². The Labute approximate surface area is 96.1 Å². The summed E-state index contributed by atoms with van der Waals surface area (Å²) in [4.78, 5) is 11.3. The molecule has 0 aromatic carbocycles. The maximum atomic E-state index is 11.3. The second-order valence-electron chi connectivity index (χ2n) is 4.09. The lowest BCUT2D eigenvalue weighted by Gasteiger charge is -2.22. The van der Waals surface area contributed by atoms with Crippen molar-refractivity contribution in [1.29, 1.82) is 0 Å². The Balaban J connectivity index is 3.99. The number of nitrogens with one attached hydrogen (secondary N) is 1.